The molecule has 0 aromatic heterocycles. The maximum absolute atomic E-state index is 13.0. The van der Waals surface area contributed by atoms with Crippen molar-refractivity contribution in [2.24, 2.45) is 5.73 Å². The molecule has 0 aliphatic carbocycles. The number of amides is 1. The second-order valence-corrected chi connectivity index (χ2v) is 8.40. The summed E-state index contributed by atoms with van der Waals surface area (Å²) >= 11 is 0. The molecular formula is C19H23ClFN3O3S. The molecule has 9 heteroatoms. The average Bonchev–Trinajstić information content (AvgIpc) is 2.69. The molecule has 28 heavy (non-hydrogen) atoms. The van der Waals surface area contributed by atoms with Gasteiger partial charge in [-0.15, -0.1) is 12.4 Å². The Bertz CT molecular complexity index is 886. The lowest BCUT2D eigenvalue weighted by atomic mass is 10.0. The quantitative estimate of drug-likeness (QED) is 0.792. The van der Waals surface area contributed by atoms with Crippen molar-refractivity contribution in [1.29, 1.82) is 0 Å². The summed E-state index contributed by atoms with van der Waals surface area (Å²) in [6, 6.07) is 13.8. The standard InChI is InChI=1S/C19H22FN3O3S.ClH/c20-16-6-8-17(9-7-16)27(25,26)23-12-10-22(11-13-23)19(24)14-18(21)15-4-2-1-3-5-15;/h1-9,18H,10-14,21H2;1H. The lowest BCUT2D eigenvalue weighted by molar-refractivity contribution is -0.132. The summed E-state index contributed by atoms with van der Waals surface area (Å²) in [6.45, 7) is 1.01. The molecule has 3 rings (SSSR count). The van der Waals surface area contributed by atoms with Crippen LogP contribution in [-0.2, 0) is 14.8 Å². The Kier molecular flexibility index (Phi) is 7.54. The normalized spacial score (nSPS) is 16.3. The highest BCUT2D eigenvalue weighted by Gasteiger charge is 2.30. The summed E-state index contributed by atoms with van der Waals surface area (Å²) in [4.78, 5) is 14.2. The lowest BCUT2D eigenvalue weighted by Crippen LogP contribution is -2.50. The minimum atomic E-state index is -3.69. The average molecular weight is 428 g/mol. The van der Waals surface area contributed by atoms with E-state index in [0.29, 0.717) is 13.1 Å². The summed E-state index contributed by atoms with van der Waals surface area (Å²) in [5, 5.41) is 0. The molecule has 1 aliphatic rings. The Morgan fingerprint density at radius 3 is 2.14 bits per heavy atom. The largest absolute Gasteiger partial charge is 0.340 e. The van der Waals surface area contributed by atoms with Crippen molar-refractivity contribution in [1.82, 2.24) is 9.21 Å². The molecule has 1 saturated heterocycles. The van der Waals surface area contributed by atoms with Gasteiger partial charge in [0.05, 0.1) is 4.90 Å². The van der Waals surface area contributed by atoms with Crippen LogP contribution >= 0.6 is 12.4 Å². The topological polar surface area (TPSA) is 83.7 Å². The van der Waals surface area contributed by atoms with Crippen molar-refractivity contribution in [3.63, 3.8) is 0 Å². The molecule has 2 aromatic rings. The number of carbonyl (C=O) groups is 1. The van der Waals surface area contributed by atoms with Gasteiger partial charge in [-0.2, -0.15) is 4.31 Å². The van der Waals surface area contributed by atoms with Crippen LogP contribution in [0.3, 0.4) is 0 Å². The van der Waals surface area contributed by atoms with Crippen molar-refractivity contribution >= 4 is 28.3 Å². The van der Waals surface area contributed by atoms with E-state index in [1.807, 2.05) is 30.3 Å². The van der Waals surface area contributed by atoms with Gasteiger partial charge in [-0.3, -0.25) is 4.79 Å². The molecule has 0 spiro atoms. The Labute approximate surface area is 170 Å². The maximum Gasteiger partial charge on any atom is 0.243 e. The summed E-state index contributed by atoms with van der Waals surface area (Å²) in [7, 11) is -3.69. The van der Waals surface area contributed by atoms with Gasteiger partial charge in [-0.1, -0.05) is 30.3 Å². The van der Waals surface area contributed by atoms with E-state index in [-0.39, 0.29) is 48.8 Å². The Morgan fingerprint density at radius 1 is 1.00 bits per heavy atom. The number of benzene rings is 2. The monoisotopic (exact) mass is 427 g/mol. The van der Waals surface area contributed by atoms with Gasteiger partial charge in [0.2, 0.25) is 15.9 Å². The van der Waals surface area contributed by atoms with Crippen LogP contribution in [0.1, 0.15) is 18.0 Å². The fourth-order valence-electron chi connectivity index (χ4n) is 3.07. The van der Waals surface area contributed by atoms with E-state index in [1.165, 1.54) is 16.4 Å². The number of sulfonamides is 1. The molecule has 0 bridgehead atoms. The lowest BCUT2D eigenvalue weighted by Gasteiger charge is -2.34. The molecule has 1 heterocycles. The Balaban J connectivity index is 0.00000280. The van der Waals surface area contributed by atoms with E-state index in [9.17, 15) is 17.6 Å². The van der Waals surface area contributed by atoms with Crippen molar-refractivity contribution in [3.05, 3.63) is 66.0 Å². The molecule has 1 amide bonds. The first kappa shape index (κ1) is 22.3. The van der Waals surface area contributed by atoms with Gasteiger partial charge in [-0.25, -0.2) is 12.8 Å². The van der Waals surface area contributed by atoms with Crippen LogP contribution in [0.25, 0.3) is 0 Å². The van der Waals surface area contributed by atoms with Gasteiger partial charge in [0.25, 0.3) is 0 Å². The van der Waals surface area contributed by atoms with Gasteiger partial charge < -0.3 is 10.6 Å². The molecule has 1 atom stereocenters. The van der Waals surface area contributed by atoms with Gasteiger partial charge >= 0.3 is 0 Å². The molecular weight excluding hydrogens is 405 g/mol. The maximum atomic E-state index is 13.0. The highest BCUT2D eigenvalue weighted by Crippen LogP contribution is 2.20. The number of nitrogens with two attached hydrogens (primary N) is 1. The van der Waals surface area contributed by atoms with Crippen molar-refractivity contribution in [2.75, 3.05) is 26.2 Å². The number of hydrogen-bond donors (Lipinski definition) is 1. The highest BCUT2D eigenvalue weighted by atomic mass is 35.5. The second kappa shape index (κ2) is 9.47. The van der Waals surface area contributed by atoms with E-state index in [2.05, 4.69) is 0 Å². The first-order valence-electron chi connectivity index (χ1n) is 8.72. The van der Waals surface area contributed by atoms with Crippen molar-refractivity contribution < 1.29 is 17.6 Å². The fraction of sp³-hybridized carbons (Fsp3) is 0.316. The van der Waals surface area contributed by atoms with Crippen LogP contribution in [0.2, 0.25) is 0 Å². The smallest absolute Gasteiger partial charge is 0.243 e. The molecule has 2 aromatic carbocycles. The van der Waals surface area contributed by atoms with E-state index in [1.54, 1.807) is 4.90 Å². The summed E-state index contributed by atoms with van der Waals surface area (Å²) in [5.41, 5.74) is 6.99. The van der Waals surface area contributed by atoms with Crippen molar-refractivity contribution in [2.45, 2.75) is 17.4 Å². The zero-order valence-electron chi connectivity index (χ0n) is 15.2. The third-order valence-electron chi connectivity index (χ3n) is 4.67. The van der Waals surface area contributed by atoms with E-state index < -0.39 is 15.8 Å². The van der Waals surface area contributed by atoms with Crippen LogP contribution in [0.4, 0.5) is 4.39 Å². The van der Waals surface area contributed by atoms with Gasteiger partial charge in [-0.05, 0) is 29.8 Å². The first-order chi connectivity index (χ1) is 12.9. The molecule has 1 aliphatic heterocycles. The SMILES string of the molecule is Cl.NC(CC(=O)N1CCN(S(=O)(=O)c2ccc(F)cc2)CC1)c1ccccc1. The molecule has 0 radical (unpaired) electrons. The van der Waals surface area contributed by atoms with E-state index in [0.717, 1.165) is 17.7 Å². The zero-order chi connectivity index (χ0) is 19.4. The molecule has 0 saturated carbocycles. The van der Waals surface area contributed by atoms with E-state index >= 15 is 0 Å². The molecule has 2 N–H and O–H groups in total. The predicted molar refractivity (Wildman–Crippen MR) is 107 cm³/mol. The Hall–Kier alpha value is -2.00. The van der Waals surface area contributed by atoms with Crippen LogP contribution in [-0.4, -0.2) is 49.7 Å². The Morgan fingerprint density at radius 2 is 1.57 bits per heavy atom. The minimum absolute atomic E-state index is 0. The van der Waals surface area contributed by atoms with Gasteiger partial charge in [0.15, 0.2) is 0 Å². The van der Waals surface area contributed by atoms with Crippen LogP contribution in [0.15, 0.2) is 59.5 Å². The van der Waals surface area contributed by atoms with Crippen molar-refractivity contribution in [3.8, 4) is 0 Å². The highest BCUT2D eigenvalue weighted by molar-refractivity contribution is 7.89. The number of nitrogens with zero attached hydrogens (tertiary/aromatic N) is 2. The molecule has 1 fully saturated rings. The van der Waals surface area contributed by atoms with Gasteiger partial charge in [0, 0.05) is 38.6 Å². The fourth-order valence-corrected chi connectivity index (χ4v) is 4.49. The molecule has 6 nitrogen and oxygen atoms in total. The number of halogens is 2. The van der Waals surface area contributed by atoms with Crippen LogP contribution in [0.5, 0.6) is 0 Å². The summed E-state index contributed by atoms with van der Waals surface area (Å²) < 4.78 is 39.6. The number of rotatable bonds is 5. The van der Waals surface area contributed by atoms with E-state index in [4.69, 9.17) is 5.73 Å². The minimum Gasteiger partial charge on any atom is -0.340 e. The number of piperazine rings is 1. The third-order valence-corrected chi connectivity index (χ3v) is 6.58. The summed E-state index contributed by atoms with van der Waals surface area (Å²) in [6.07, 6.45) is 0.175. The first-order valence-corrected chi connectivity index (χ1v) is 10.2. The van der Waals surface area contributed by atoms with Crippen LogP contribution < -0.4 is 5.73 Å². The third kappa shape index (κ3) is 5.08. The zero-order valence-corrected chi connectivity index (χ0v) is 16.8. The summed E-state index contributed by atoms with van der Waals surface area (Å²) in [5.74, 6) is -0.579. The predicted octanol–water partition coefficient (Wildman–Crippen LogP) is 2.17. The van der Waals surface area contributed by atoms with Crippen LogP contribution in [0, 0.1) is 5.82 Å². The van der Waals surface area contributed by atoms with Gasteiger partial charge in [0.1, 0.15) is 5.82 Å². The molecule has 1 unspecified atom stereocenters. The molecule has 152 valence electrons. The number of hydrogen-bond acceptors (Lipinski definition) is 4. The second-order valence-electron chi connectivity index (χ2n) is 6.46. The number of carbonyl (C=O) groups excluding carboxylic acids is 1.